The molecule has 0 aromatic heterocycles. The molecule has 0 bridgehead atoms. The average molecular weight is 248 g/mol. The highest BCUT2D eigenvalue weighted by atomic mass is 16.3. The summed E-state index contributed by atoms with van der Waals surface area (Å²) in [5.41, 5.74) is 3.72. The van der Waals surface area contributed by atoms with Crippen LogP contribution in [0.5, 0.6) is 5.75 Å². The molecule has 0 unspecified atom stereocenters. The molecule has 1 nitrogen and oxygen atoms in total. The van der Waals surface area contributed by atoms with Crippen molar-refractivity contribution >= 4 is 0 Å². The maximum atomic E-state index is 10.3. The fraction of sp³-hybridized carbons (Fsp3) is 0.647. The molecular weight excluding hydrogens is 220 g/mol. The second kappa shape index (κ2) is 4.60. The molecule has 1 heteroatoms. The fourth-order valence-electron chi connectivity index (χ4n) is 2.33. The van der Waals surface area contributed by atoms with E-state index in [1.165, 1.54) is 11.1 Å². The SMILES string of the molecule is CC(C)c1cc(O)c(C(C)(C)C)cc1C(C)(C)C. The number of rotatable bonds is 1. The third kappa shape index (κ3) is 3.07. The highest BCUT2D eigenvalue weighted by Gasteiger charge is 2.25. The Bertz CT molecular complexity index is 428. The van der Waals surface area contributed by atoms with Crippen LogP contribution in [0.2, 0.25) is 0 Å². The van der Waals surface area contributed by atoms with Crippen molar-refractivity contribution in [1.29, 1.82) is 0 Å². The van der Waals surface area contributed by atoms with Gasteiger partial charge in [0.1, 0.15) is 5.75 Å². The molecule has 0 heterocycles. The van der Waals surface area contributed by atoms with E-state index >= 15 is 0 Å². The van der Waals surface area contributed by atoms with Crippen LogP contribution in [0.4, 0.5) is 0 Å². The molecular formula is C17H28O. The van der Waals surface area contributed by atoms with Crippen molar-refractivity contribution in [3.05, 3.63) is 28.8 Å². The van der Waals surface area contributed by atoms with E-state index in [1.807, 2.05) is 6.07 Å². The molecule has 1 rings (SSSR count). The third-order valence-electron chi connectivity index (χ3n) is 3.41. The van der Waals surface area contributed by atoms with Gasteiger partial charge in [-0.05, 0) is 39.5 Å². The lowest BCUT2D eigenvalue weighted by atomic mass is 9.76. The van der Waals surface area contributed by atoms with Crippen molar-refractivity contribution < 1.29 is 5.11 Å². The summed E-state index contributed by atoms with van der Waals surface area (Å²) in [6.45, 7) is 17.5. The molecule has 0 fully saturated rings. The third-order valence-corrected chi connectivity index (χ3v) is 3.41. The monoisotopic (exact) mass is 248 g/mol. The van der Waals surface area contributed by atoms with Crippen molar-refractivity contribution in [2.75, 3.05) is 0 Å². The van der Waals surface area contributed by atoms with Crippen LogP contribution in [-0.4, -0.2) is 5.11 Å². The summed E-state index contributed by atoms with van der Waals surface area (Å²) in [5, 5.41) is 10.3. The Balaban J connectivity index is 3.57. The summed E-state index contributed by atoms with van der Waals surface area (Å²) in [6, 6.07) is 4.16. The molecule has 102 valence electrons. The number of hydrogen-bond acceptors (Lipinski definition) is 1. The molecule has 0 aliphatic heterocycles. The van der Waals surface area contributed by atoms with Crippen molar-refractivity contribution in [3.63, 3.8) is 0 Å². The molecule has 1 aromatic carbocycles. The molecule has 0 aliphatic rings. The van der Waals surface area contributed by atoms with Gasteiger partial charge in [-0.1, -0.05) is 61.5 Å². The highest BCUT2D eigenvalue weighted by molar-refractivity contribution is 5.48. The minimum Gasteiger partial charge on any atom is -0.508 e. The van der Waals surface area contributed by atoms with Gasteiger partial charge in [-0.3, -0.25) is 0 Å². The quantitative estimate of drug-likeness (QED) is 0.732. The van der Waals surface area contributed by atoms with Gasteiger partial charge in [-0.2, -0.15) is 0 Å². The van der Waals surface area contributed by atoms with Gasteiger partial charge in [0.15, 0.2) is 0 Å². The molecule has 0 spiro atoms. The predicted octanol–water partition coefficient (Wildman–Crippen LogP) is 5.11. The minimum atomic E-state index is -0.0282. The first-order valence-electron chi connectivity index (χ1n) is 6.82. The van der Waals surface area contributed by atoms with Gasteiger partial charge in [0.05, 0.1) is 0 Å². The Labute approximate surface area is 112 Å². The lowest BCUT2D eigenvalue weighted by Crippen LogP contribution is -2.19. The van der Waals surface area contributed by atoms with Crippen LogP contribution in [0.25, 0.3) is 0 Å². The predicted molar refractivity (Wildman–Crippen MR) is 79.6 cm³/mol. The van der Waals surface area contributed by atoms with E-state index in [9.17, 15) is 5.11 Å². The summed E-state index contributed by atoms with van der Waals surface area (Å²) in [7, 11) is 0. The van der Waals surface area contributed by atoms with E-state index in [1.54, 1.807) is 0 Å². The summed E-state index contributed by atoms with van der Waals surface area (Å²) in [6.07, 6.45) is 0. The van der Waals surface area contributed by atoms with Gasteiger partial charge >= 0.3 is 0 Å². The molecule has 1 N–H and O–H groups in total. The van der Waals surface area contributed by atoms with Crippen LogP contribution in [0.15, 0.2) is 12.1 Å². The molecule has 0 saturated carbocycles. The van der Waals surface area contributed by atoms with Crippen LogP contribution in [0, 0.1) is 0 Å². The highest BCUT2D eigenvalue weighted by Crippen LogP contribution is 2.39. The lowest BCUT2D eigenvalue weighted by Gasteiger charge is -2.29. The largest absolute Gasteiger partial charge is 0.508 e. The van der Waals surface area contributed by atoms with Gasteiger partial charge in [0.2, 0.25) is 0 Å². The molecule has 1 aromatic rings. The Hall–Kier alpha value is -0.980. The summed E-state index contributed by atoms with van der Waals surface area (Å²) in [5.74, 6) is 0.860. The maximum absolute atomic E-state index is 10.3. The number of aromatic hydroxyl groups is 1. The van der Waals surface area contributed by atoms with Gasteiger partial charge in [-0.15, -0.1) is 0 Å². The van der Waals surface area contributed by atoms with Crippen molar-refractivity contribution in [3.8, 4) is 5.75 Å². The fourth-order valence-corrected chi connectivity index (χ4v) is 2.33. The summed E-state index contributed by atoms with van der Waals surface area (Å²) >= 11 is 0. The van der Waals surface area contributed by atoms with E-state index < -0.39 is 0 Å². The summed E-state index contributed by atoms with van der Waals surface area (Å²) < 4.78 is 0. The zero-order chi connectivity index (χ0) is 14.3. The first-order chi connectivity index (χ1) is 7.94. The van der Waals surface area contributed by atoms with E-state index in [4.69, 9.17) is 0 Å². The van der Waals surface area contributed by atoms with Gasteiger partial charge < -0.3 is 5.11 Å². The Morgan fingerprint density at radius 3 is 1.61 bits per heavy atom. The zero-order valence-corrected chi connectivity index (χ0v) is 13.2. The van der Waals surface area contributed by atoms with Crippen LogP contribution >= 0.6 is 0 Å². The molecule has 18 heavy (non-hydrogen) atoms. The van der Waals surface area contributed by atoms with Crippen LogP contribution in [-0.2, 0) is 10.8 Å². The lowest BCUT2D eigenvalue weighted by molar-refractivity contribution is 0.442. The van der Waals surface area contributed by atoms with Crippen molar-refractivity contribution in [1.82, 2.24) is 0 Å². The topological polar surface area (TPSA) is 20.2 Å². The van der Waals surface area contributed by atoms with Crippen LogP contribution in [0.3, 0.4) is 0 Å². The van der Waals surface area contributed by atoms with Crippen LogP contribution < -0.4 is 0 Å². The second-order valence-corrected chi connectivity index (χ2v) is 7.61. The van der Waals surface area contributed by atoms with Crippen LogP contribution in [0.1, 0.15) is 78.0 Å². The van der Waals surface area contributed by atoms with E-state index in [-0.39, 0.29) is 10.8 Å². The molecule has 0 atom stereocenters. The molecule has 0 radical (unpaired) electrons. The average Bonchev–Trinajstić information content (AvgIpc) is 2.12. The normalized spacial score (nSPS) is 13.2. The maximum Gasteiger partial charge on any atom is 0.119 e. The number of phenols is 1. The van der Waals surface area contributed by atoms with E-state index in [0.29, 0.717) is 11.7 Å². The number of phenolic OH excluding ortho intramolecular Hbond substituents is 1. The Morgan fingerprint density at radius 2 is 1.28 bits per heavy atom. The number of hydrogen-bond donors (Lipinski definition) is 1. The first kappa shape index (κ1) is 15.1. The summed E-state index contributed by atoms with van der Waals surface area (Å²) in [4.78, 5) is 0. The Morgan fingerprint density at radius 1 is 0.833 bits per heavy atom. The Kier molecular flexibility index (Phi) is 3.86. The minimum absolute atomic E-state index is 0.0282. The zero-order valence-electron chi connectivity index (χ0n) is 13.2. The van der Waals surface area contributed by atoms with E-state index in [0.717, 1.165) is 5.56 Å². The smallest absolute Gasteiger partial charge is 0.119 e. The van der Waals surface area contributed by atoms with E-state index in [2.05, 4.69) is 61.5 Å². The van der Waals surface area contributed by atoms with Gasteiger partial charge in [-0.25, -0.2) is 0 Å². The molecule has 0 amide bonds. The standard InChI is InChI=1S/C17H28O/c1-11(2)12-9-15(18)14(17(6,7)8)10-13(12)16(3,4)5/h9-11,18H,1-8H3. The second-order valence-electron chi connectivity index (χ2n) is 7.61. The first-order valence-corrected chi connectivity index (χ1v) is 6.82. The number of benzene rings is 1. The molecule has 0 saturated heterocycles. The van der Waals surface area contributed by atoms with Crippen molar-refractivity contribution in [2.45, 2.75) is 72.1 Å². The van der Waals surface area contributed by atoms with Gasteiger partial charge in [0.25, 0.3) is 0 Å². The molecule has 0 aliphatic carbocycles. The van der Waals surface area contributed by atoms with Crippen molar-refractivity contribution in [2.24, 2.45) is 0 Å². The van der Waals surface area contributed by atoms with Gasteiger partial charge in [0, 0.05) is 0 Å².